The first kappa shape index (κ1) is 23.6. The zero-order chi connectivity index (χ0) is 24.9. The van der Waals surface area contributed by atoms with E-state index in [0.717, 1.165) is 28.5 Å². The van der Waals surface area contributed by atoms with Crippen molar-refractivity contribution >= 4 is 10.9 Å². The third kappa shape index (κ3) is 5.72. The number of pyridine rings is 1. The number of nitrogens with zero attached hydrogens (tertiary/aromatic N) is 5. The maximum absolute atomic E-state index is 13.5. The van der Waals surface area contributed by atoms with E-state index in [2.05, 4.69) is 37.5 Å². The highest BCUT2D eigenvalue weighted by molar-refractivity contribution is 5.79. The summed E-state index contributed by atoms with van der Waals surface area (Å²) >= 11 is 0. The van der Waals surface area contributed by atoms with E-state index in [0.29, 0.717) is 37.6 Å². The largest absolute Gasteiger partial charge is 0.322 e. The zero-order valence-electron chi connectivity index (χ0n) is 20.1. The van der Waals surface area contributed by atoms with E-state index >= 15 is 0 Å². The molecule has 0 aliphatic rings. The summed E-state index contributed by atoms with van der Waals surface area (Å²) in [6.45, 7) is 3.98. The highest BCUT2D eigenvalue weighted by Crippen LogP contribution is 2.17. The van der Waals surface area contributed by atoms with Gasteiger partial charge in [-0.25, -0.2) is 9.07 Å². The van der Waals surface area contributed by atoms with Crippen molar-refractivity contribution in [1.82, 2.24) is 30.1 Å². The summed E-state index contributed by atoms with van der Waals surface area (Å²) in [6, 6.07) is 24.5. The molecule has 0 aliphatic heterocycles. The van der Waals surface area contributed by atoms with Gasteiger partial charge < -0.3 is 4.98 Å². The van der Waals surface area contributed by atoms with Gasteiger partial charge >= 0.3 is 0 Å². The van der Waals surface area contributed by atoms with Crippen LogP contribution in [-0.4, -0.2) is 30.1 Å². The molecule has 2 aromatic heterocycles. The summed E-state index contributed by atoms with van der Waals surface area (Å²) in [6.07, 6.45) is 0.806. The average Bonchev–Trinajstić information content (AvgIpc) is 3.32. The van der Waals surface area contributed by atoms with Gasteiger partial charge in [0.1, 0.15) is 5.82 Å². The second kappa shape index (κ2) is 10.6. The van der Waals surface area contributed by atoms with Crippen LogP contribution in [0.25, 0.3) is 10.9 Å². The van der Waals surface area contributed by atoms with E-state index in [9.17, 15) is 9.18 Å². The van der Waals surface area contributed by atoms with Gasteiger partial charge in [-0.2, -0.15) is 0 Å². The molecule has 3 aromatic carbocycles. The lowest BCUT2D eigenvalue weighted by atomic mass is 10.1. The minimum Gasteiger partial charge on any atom is -0.322 e. The summed E-state index contributed by atoms with van der Waals surface area (Å²) in [7, 11) is 0. The Hall–Kier alpha value is -4.17. The summed E-state index contributed by atoms with van der Waals surface area (Å²) in [5.41, 5.74) is 4.58. The van der Waals surface area contributed by atoms with Crippen molar-refractivity contribution < 1.29 is 4.39 Å². The lowest BCUT2D eigenvalue weighted by Crippen LogP contribution is -2.28. The Labute approximate surface area is 208 Å². The van der Waals surface area contributed by atoms with E-state index in [1.165, 1.54) is 17.7 Å². The molecule has 5 aromatic rings. The first-order valence-electron chi connectivity index (χ1n) is 11.9. The van der Waals surface area contributed by atoms with Crippen molar-refractivity contribution in [1.29, 1.82) is 0 Å². The van der Waals surface area contributed by atoms with Crippen LogP contribution >= 0.6 is 0 Å². The summed E-state index contributed by atoms with van der Waals surface area (Å²) in [5.74, 6) is 0.428. The molecule has 0 spiro atoms. The first-order chi connectivity index (χ1) is 17.5. The molecule has 0 amide bonds. The minimum atomic E-state index is -0.281. The number of benzene rings is 3. The fourth-order valence-electron chi connectivity index (χ4n) is 4.32. The quantitative estimate of drug-likeness (QED) is 0.337. The van der Waals surface area contributed by atoms with E-state index in [1.807, 2.05) is 49.4 Å². The maximum atomic E-state index is 13.5. The molecule has 7 nitrogen and oxygen atoms in total. The number of nitrogens with one attached hydrogen (secondary N) is 1. The molecular weight excluding hydrogens is 455 g/mol. The van der Waals surface area contributed by atoms with E-state index in [-0.39, 0.29) is 11.4 Å². The lowest BCUT2D eigenvalue weighted by molar-refractivity contribution is 0.235. The SMILES string of the molecule is Cc1ccc2cc(CN(Cc3ccc(F)cc3)Cc3nnnn3CCc3ccccc3)c(=O)[nH]c2c1. The van der Waals surface area contributed by atoms with Crippen LogP contribution in [0.15, 0.2) is 83.7 Å². The van der Waals surface area contributed by atoms with Gasteiger partial charge in [0.15, 0.2) is 5.82 Å². The normalized spacial score (nSPS) is 11.4. The van der Waals surface area contributed by atoms with Crippen molar-refractivity contribution in [2.24, 2.45) is 0 Å². The van der Waals surface area contributed by atoms with Crippen LogP contribution in [0.2, 0.25) is 0 Å². The average molecular weight is 483 g/mol. The van der Waals surface area contributed by atoms with Crippen LogP contribution < -0.4 is 5.56 Å². The molecular formula is C28H27FN6O. The van der Waals surface area contributed by atoms with Crippen LogP contribution in [0.1, 0.15) is 28.1 Å². The van der Waals surface area contributed by atoms with Crippen LogP contribution in [-0.2, 0) is 32.6 Å². The fraction of sp³-hybridized carbons (Fsp3) is 0.214. The lowest BCUT2D eigenvalue weighted by Gasteiger charge is -2.22. The monoisotopic (exact) mass is 482 g/mol. The Kier molecular flexibility index (Phi) is 6.95. The number of hydrogen-bond donors (Lipinski definition) is 1. The van der Waals surface area contributed by atoms with Gasteiger partial charge in [-0.3, -0.25) is 9.69 Å². The number of aromatic amines is 1. The number of fused-ring (bicyclic) bond motifs is 1. The molecule has 2 heterocycles. The molecule has 36 heavy (non-hydrogen) atoms. The predicted molar refractivity (Wildman–Crippen MR) is 137 cm³/mol. The Morgan fingerprint density at radius 3 is 2.53 bits per heavy atom. The number of aryl methyl sites for hydroxylation is 3. The molecule has 0 aliphatic carbocycles. The molecule has 0 saturated carbocycles. The second-order valence-electron chi connectivity index (χ2n) is 9.04. The molecule has 8 heteroatoms. The Morgan fingerprint density at radius 2 is 1.72 bits per heavy atom. The fourth-order valence-corrected chi connectivity index (χ4v) is 4.32. The molecule has 0 unspecified atom stereocenters. The molecule has 0 fully saturated rings. The number of halogens is 1. The molecule has 0 radical (unpaired) electrons. The standard InChI is InChI=1S/C28H27FN6O/c1-20-7-10-23-16-24(28(36)30-26(23)15-20)18-34(17-22-8-11-25(29)12-9-22)19-27-31-32-33-35(27)14-13-21-5-3-2-4-6-21/h2-12,15-16H,13-14,17-19H2,1H3,(H,30,36). The second-order valence-corrected chi connectivity index (χ2v) is 9.04. The van der Waals surface area contributed by atoms with Gasteiger partial charge in [0.05, 0.1) is 6.54 Å². The number of aromatic nitrogens is 5. The summed E-state index contributed by atoms with van der Waals surface area (Å²) in [4.78, 5) is 18.0. The van der Waals surface area contributed by atoms with Gasteiger partial charge in [-0.15, -0.1) is 5.10 Å². The van der Waals surface area contributed by atoms with Crippen LogP contribution in [0, 0.1) is 12.7 Å². The maximum Gasteiger partial charge on any atom is 0.252 e. The van der Waals surface area contributed by atoms with Gasteiger partial charge in [0.2, 0.25) is 0 Å². The Balaban J connectivity index is 1.40. The highest BCUT2D eigenvalue weighted by atomic mass is 19.1. The molecule has 182 valence electrons. The van der Waals surface area contributed by atoms with E-state index in [1.54, 1.807) is 16.8 Å². The highest BCUT2D eigenvalue weighted by Gasteiger charge is 2.16. The topological polar surface area (TPSA) is 79.7 Å². The van der Waals surface area contributed by atoms with Crippen molar-refractivity contribution in [3.05, 3.63) is 123 Å². The molecule has 0 atom stereocenters. The van der Waals surface area contributed by atoms with Crippen LogP contribution in [0.3, 0.4) is 0 Å². The number of H-pyrrole nitrogens is 1. The molecule has 0 bridgehead atoms. The summed E-state index contributed by atoms with van der Waals surface area (Å²) in [5, 5.41) is 13.3. The summed E-state index contributed by atoms with van der Waals surface area (Å²) < 4.78 is 15.3. The third-order valence-corrected chi connectivity index (χ3v) is 6.22. The molecule has 1 N–H and O–H groups in total. The van der Waals surface area contributed by atoms with Gasteiger partial charge in [-0.05, 0) is 70.1 Å². The zero-order valence-corrected chi connectivity index (χ0v) is 20.1. The number of hydrogen-bond acceptors (Lipinski definition) is 5. The van der Waals surface area contributed by atoms with Crippen molar-refractivity contribution in [2.45, 2.75) is 39.5 Å². The van der Waals surface area contributed by atoms with E-state index in [4.69, 9.17) is 0 Å². The third-order valence-electron chi connectivity index (χ3n) is 6.22. The van der Waals surface area contributed by atoms with Gasteiger partial charge in [0, 0.05) is 30.7 Å². The van der Waals surface area contributed by atoms with Crippen molar-refractivity contribution in [3.63, 3.8) is 0 Å². The Bertz CT molecular complexity index is 1510. The first-order valence-corrected chi connectivity index (χ1v) is 11.9. The van der Waals surface area contributed by atoms with E-state index < -0.39 is 0 Å². The predicted octanol–water partition coefficient (Wildman–Crippen LogP) is 4.41. The van der Waals surface area contributed by atoms with Crippen molar-refractivity contribution in [3.8, 4) is 0 Å². The number of rotatable bonds is 9. The molecule has 5 rings (SSSR count). The Morgan fingerprint density at radius 1 is 0.917 bits per heavy atom. The van der Waals surface area contributed by atoms with Gasteiger partial charge in [-0.1, -0.05) is 54.6 Å². The van der Waals surface area contributed by atoms with Crippen LogP contribution in [0.4, 0.5) is 4.39 Å². The molecule has 0 saturated heterocycles. The van der Waals surface area contributed by atoms with Gasteiger partial charge in [0.25, 0.3) is 5.56 Å². The smallest absolute Gasteiger partial charge is 0.252 e. The number of tetrazole rings is 1. The van der Waals surface area contributed by atoms with Crippen molar-refractivity contribution in [2.75, 3.05) is 0 Å². The van der Waals surface area contributed by atoms with Crippen LogP contribution in [0.5, 0.6) is 0 Å². The minimum absolute atomic E-state index is 0.124.